The Morgan fingerprint density at radius 1 is 1.29 bits per heavy atom. The summed E-state index contributed by atoms with van der Waals surface area (Å²) in [6.45, 7) is 2.35. The first-order chi connectivity index (χ1) is 10.0. The normalized spacial score (nSPS) is 10.4. The van der Waals surface area contributed by atoms with Crippen molar-refractivity contribution >= 4 is 17.3 Å². The first-order valence-electron chi connectivity index (χ1n) is 6.36. The highest BCUT2D eigenvalue weighted by atomic mass is 35.5. The van der Waals surface area contributed by atoms with Crippen LogP contribution in [-0.4, -0.2) is 4.92 Å². The van der Waals surface area contributed by atoms with Gasteiger partial charge < -0.3 is 10.5 Å². The number of nitrogens with zero attached hydrogens (tertiary/aromatic N) is 1. The lowest BCUT2D eigenvalue weighted by atomic mass is 10.1. The Kier molecular flexibility index (Phi) is 4.77. The molecule has 2 rings (SSSR count). The average Bonchev–Trinajstić information content (AvgIpc) is 2.46. The molecule has 0 aromatic heterocycles. The molecule has 0 unspecified atom stereocenters. The van der Waals surface area contributed by atoms with E-state index in [9.17, 15) is 10.1 Å². The average molecular weight is 307 g/mol. The van der Waals surface area contributed by atoms with Gasteiger partial charge in [0.15, 0.2) is 5.75 Å². The lowest BCUT2D eigenvalue weighted by molar-refractivity contribution is -0.386. The van der Waals surface area contributed by atoms with Gasteiger partial charge in [-0.1, -0.05) is 29.8 Å². The lowest BCUT2D eigenvalue weighted by Crippen LogP contribution is -2.02. The minimum absolute atomic E-state index is 0.0961. The molecule has 0 atom stereocenters. The fourth-order valence-corrected chi connectivity index (χ4v) is 2.17. The minimum atomic E-state index is -0.481. The molecule has 21 heavy (non-hydrogen) atoms. The van der Waals surface area contributed by atoms with E-state index in [0.717, 1.165) is 11.1 Å². The Bertz CT molecular complexity index is 674. The van der Waals surface area contributed by atoms with E-state index >= 15 is 0 Å². The molecule has 2 N–H and O–H groups in total. The van der Waals surface area contributed by atoms with Crippen molar-refractivity contribution in [3.05, 3.63) is 68.2 Å². The molecule has 0 aliphatic rings. The Balaban J connectivity index is 2.21. The zero-order valence-corrected chi connectivity index (χ0v) is 12.3. The molecule has 0 aliphatic heterocycles. The van der Waals surface area contributed by atoms with Crippen molar-refractivity contribution in [3.8, 4) is 5.75 Å². The molecule has 110 valence electrons. The number of halogens is 1. The first kappa shape index (κ1) is 15.3. The summed E-state index contributed by atoms with van der Waals surface area (Å²) in [5.41, 5.74) is 7.89. The van der Waals surface area contributed by atoms with Gasteiger partial charge in [-0.2, -0.15) is 0 Å². The maximum absolute atomic E-state index is 11.1. The van der Waals surface area contributed by atoms with E-state index in [1.54, 1.807) is 12.1 Å². The zero-order valence-electron chi connectivity index (χ0n) is 11.5. The second-order valence-electron chi connectivity index (χ2n) is 4.65. The molecule has 0 bridgehead atoms. The predicted molar refractivity (Wildman–Crippen MR) is 81.5 cm³/mol. The number of hydrogen-bond acceptors (Lipinski definition) is 4. The van der Waals surface area contributed by atoms with E-state index in [1.807, 2.05) is 25.1 Å². The quantitative estimate of drug-likeness (QED) is 0.676. The molecule has 0 heterocycles. The third kappa shape index (κ3) is 3.71. The maximum Gasteiger partial charge on any atom is 0.311 e. The smallest absolute Gasteiger partial charge is 0.311 e. The zero-order chi connectivity index (χ0) is 15.4. The van der Waals surface area contributed by atoms with Crippen LogP contribution in [0.4, 0.5) is 5.69 Å². The maximum atomic E-state index is 11.1. The molecular formula is C15H15ClN2O3. The Morgan fingerprint density at radius 3 is 2.67 bits per heavy atom. The highest BCUT2D eigenvalue weighted by Gasteiger charge is 2.16. The molecule has 0 saturated carbocycles. The SMILES string of the molecule is Cc1ccc(COc2ccc(CN)cc2[N+](=O)[O-])c(Cl)c1. The van der Waals surface area contributed by atoms with Crippen LogP contribution in [0, 0.1) is 17.0 Å². The van der Waals surface area contributed by atoms with Crippen LogP contribution in [0.3, 0.4) is 0 Å². The molecule has 6 heteroatoms. The van der Waals surface area contributed by atoms with E-state index in [1.165, 1.54) is 6.07 Å². The van der Waals surface area contributed by atoms with E-state index < -0.39 is 4.92 Å². The molecular weight excluding hydrogens is 292 g/mol. The fraction of sp³-hybridized carbons (Fsp3) is 0.200. The molecule has 0 saturated heterocycles. The highest BCUT2D eigenvalue weighted by molar-refractivity contribution is 6.31. The van der Waals surface area contributed by atoms with Gasteiger partial charge in [0.1, 0.15) is 6.61 Å². The third-order valence-corrected chi connectivity index (χ3v) is 3.40. The van der Waals surface area contributed by atoms with Gasteiger partial charge in [0.25, 0.3) is 0 Å². The van der Waals surface area contributed by atoms with Gasteiger partial charge in [0.2, 0.25) is 0 Å². The van der Waals surface area contributed by atoms with Gasteiger partial charge in [0, 0.05) is 23.2 Å². The Hall–Kier alpha value is -2.11. The standard InChI is InChI=1S/C15H15ClN2O3/c1-10-2-4-12(13(16)6-10)9-21-15-5-3-11(8-17)7-14(15)18(19)20/h2-7H,8-9,17H2,1H3. The summed E-state index contributed by atoms with van der Waals surface area (Å²) in [4.78, 5) is 10.6. The summed E-state index contributed by atoms with van der Waals surface area (Å²) in [5, 5.41) is 11.7. The van der Waals surface area contributed by atoms with Gasteiger partial charge in [-0.3, -0.25) is 10.1 Å². The summed E-state index contributed by atoms with van der Waals surface area (Å²) in [5.74, 6) is 0.203. The Labute approximate surface area is 127 Å². The van der Waals surface area contributed by atoms with Gasteiger partial charge in [0.05, 0.1) is 4.92 Å². The van der Waals surface area contributed by atoms with Crippen molar-refractivity contribution in [2.24, 2.45) is 5.73 Å². The number of ether oxygens (including phenoxy) is 1. The lowest BCUT2D eigenvalue weighted by Gasteiger charge is -2.09. The van der Waals surface area contributed by atoms with Crippen LogP contribution in [0.15, 0.2) is 36.4 Å². The number of nitro benzene ring substituents is 1. The van der Waals surface area contributed by atoms with Crippen LogP contribution in [0.5, 0.6) is 5.75 Å². The summed E-state index contributed by atoms with van der Waals surface area (Å²) in [6, 6.07) is 10.3. The number of benzene rings is 2. The van der Waals surface area contributed by atoms with E-state index in [4.69, 9.17) is 22.1 Å². The second-order valence-corrected chi connectivity index (χ2v) is 5.05. The molecule has 0 spiro atoms. The number of nitro groups is 1. The topological polar surface area (TPSA) is 78.4 Å². The van der Waals surface area contributed by atoms with Crippen molar-refractivity contribution in [3.63, 3.8) is 0 Å². The van der Waals surface area contributed by atoms with Crippen LogP contribution < -0.4 is 10.5 Å². The van der Waals surface area contributed by atoms with Crippen LogP contribution in [-0.2, 0) is 13.2 Å². The molecule has 0 amide bonds. The molecule has 2 aromatic carbocycles. The highest BCUT2D eigenvalue weighted by Crippen LogP contribution is 2.29. The molecule has 0 fully saturated rings. The summed E-state index contributed by atoms with van der Waals surface area (Å²) in [7, 11) is 0. The van der Waals surface area contributed by atoms with Gasteiger partial charge >= 0.3 is 5.69 Å². The predicted octanol–water partition coefficient (Wildman–Crippen LogP) is 3.59. The number of rotatable bonds is 5. The Morgan fingerprint density at radius 2 is 2.05 bits per heavy atom. The fourth-order valence-electron chi connectivity index (χ4n) is 1.88. The summed E-state index contributed by atoms with van der Waals surface area (Å²) < 4.78 is 5.54. The third-order valence-electron chi connectivity index (χ3n) is 3.05. The minimum Gasteiger partial charge on any atom is -0.482 e. The van der Waals surface area contributed by atoms with Gasteiger partial charge in [-0.05, 0) is 30.2 Å². The van der Waals surface area contributed by atoms with Crippen LogP contribution in [0.2, 0.25) is 5.02 Å². The number of nitrogens with two attached hydrogens (primary N) is 1. The van der Waals surface area contributed by atoms with Crippen molar-refractivity contribution in [1.29, 1.82) is 0 Å². The van der Waals surface area contributed by atoms with Crippen LogP contribution in [0.25, 0.3) is 0 Å². The van der Waals surface area contributed by atoms with E-state index in [0.29, 0.717) is 10.6 Å². The van der Waals surface area contributed by atoms with Crippen LogP contribution in [0.1, 0.15) is 16.7 Å². The molecule has 5 nitrogen and oxygen atoms in total. The summed E-state index contributed by atoms with van der Waals surface area (Å²) >= 11 is 6.12. The van der Waals surface area contributed by atoms with Crippen molar-refractivity contribution in [2.45, 2.75) is 20.1 Å². The molecule has 0 radical (unpaired) electrons. The summed E-state index contributed by atoms with van der Waals surface area (Å²) in [6.07, 6.45) is 0. The number of hydrogen-bond donors (Lipinski definition) is 1. The molecule has 2 aromatic rings. The largest absolute Gasteiger partial charge is 0.482 e. The van der Waals surface area contributed by atoms with Crippen molar-refractivity contribution in [2.75, 3.05) is 0 Å². The van der Waals surface area contributed by atoms with E-state index in [-0.39, 0.29) is 24.6 Å². The van der Waals surface area contributed by atoms with Crippen molar-refractivity contribution < 1.29 is 9.66 Å². The molecule has 0 aliphatic carbocycles. The second kappa shape index (κ2) is 6.56. The van der Waals surface area contributed by atoms with Gasteiger partial charge in [-0.15, -0.1) is 0 Å². The van der Waals surface area contributed by atoms with Crippen molar-refractivity contribution in [1.82, 2.24) is 0 Å². The van der Waals surface area contributed by atoms with Crippen LogP contribution >= 0.6 is 11.6 Å². The van der Waals surface area contributed by atoms with E-state index in [2.05, 4.69) is 0 Å². The number of aryl methyl sites for hydroxylation is 1. The van der Waals surface area contributed by atoms with Gasteiger partial charge in [-0.25, -0.2) is 0 Å². The monoisotopic (exact) mass is 306 g/mol. The first-order valence-corrected chi connectivity index (χ1v) is 6.74.